The van der Waals surface area contributed by atoms with Crippen LogP contribution in [0, 0.1) is 0 Å². The topological polar surface area (TPSA) is 114 Å². The van der Waals surface area contributed by atoms with Crippen molar-refractivity contribution in [2.75, 3.05) is 25.6 Å². The molecule has 0 atom stereocenters. The average Bonchev–Trinajstić information content (AvgIpc) is 2.43. The minimum absolute atomic E-state index is 0.167. The van der Waals surface area contributed by atoms with E-state index in [-0.39, 0.29) is 30.5 Å². The Kier molecular flexibility index (Phi) is 5.74. The van der Waals surface area contributed by atoms with Crippen molar-refractivity contribution in [3.63, 3.8) is 0 Å². The third-order valence-corrected chi connectivity index (χ3v) is 2.66. The van der Waals surface area contributed by atoms with E-state index < -0.39 is 17.6 Å². The number of carbonyl (C=O) groups is 1. The van der Waals surface area contributed by atoms with Crippen molar-refractivity contribution >= 4 is 23.3 Å². The third kappa shape index (κ3) is 3.91. The van der Waals surface area contributed by atoms with Crippen molar-refractivity contribution in [1.82, 2.24) is 9.78 Å². The van der Waals surface area contributed by atoms with Crippen molar-refractivity contribution in [3.8, 4) is 0 Å². The minimum atomic E-state index is -0.674. The van der Waals surface area contributed by atoms with Gasteiger partial charge in [-0.25, -0.2) is 4.68 Å². The molecule has 0 radical (unpaired) electrons. The zero-order valence-corrected chi connectivity index (χ0v) is 10.9. The molecule has 0 aliphatic heterocycles. The second-order valence-electron chi connectivity index (χ2n) is 3.62. The van der Waals surface area contributed by atoms with Gasteiger partial charge < -0.3 is 20.3 Å². The van der Waals surface area contributed by atoms with Crippen LogP contribution in [0.5, 0.6) is 0 Å². The van der Waals surface area contributed by atoms with Gasteiger partial charge in [0, 0.05) is 0 Å². The molecular weight excluding hydrogens is 278 g/mol. The SMILES string of the molecule is COC(=O)Cn1ncc(NC(CO)CO)c(Cl)c1=O. The van der Waals surface area contributed by atoms with Gasteiger partial charge in [0.1, 0.15) is 11.6 Å². The molecule has 0 aromatic carbocycles. The van der Waals surface area contributed by atoms with Crippen LogP contribution in [0.1, 0.15) is 0 Å². The lowest BCUT2D eigenvalue weighted by molar-refractivity contribution is -0.141. The van der Waals surface area contributed by atoms with E-state index in [1.54, 1.807) is 0 Å². The summed E-state index contributed by atoms with van der Waals surface area (Å²) in [6, 6.07) is -0.657. The number of hydrogen-bond donors (Lipinski definition) is 3. The van der Waals surface area contributed by atoms with Crippen LogP contribution in [0.2, 0.25) is 5.02 Å². The zero-order valence-electron chi connectivity index (χ0n) is 10.2. The summed E-state index contributed by atoms with van der Waals surface area (Å²) in [5.41, 5.74) is -0.507. The first-order chi connectivity index (χ1) is 9.03. The summed E-state index contributed by atoms with van der Waals surface area (Å²) in [6.45, 7) is -1.02. The van der Waals surface area contributed by atoms with Crippen LogP contribution in [0.3, 0.4) is 0 Å². The zero-order chi connectivity index (χ0) is 14.4. The second kappa shape index (κ2) is 7.07. The van der Waals surface area contributed by atoms with E-state index in [0.717, 1.165) is 4.68 Å². The van der Waals surface area contributed by atoms with Crippen LogP contribution < -0.4 is 10.9 Å². The molecule has 0 aliphatic carbocycles. The van der Waals surface area contributed by atoms with Crippen molar-refractivity contribution in [2.24, 2.45) is 0 Å². The molecule has 8 nitrogen and oxygen atoms in total. The van der Waals surface area contributed by atoms with E-state index in [0.29, 0.717) is 0 Å². The van der Waals surface area contributed by atoms with E-state index >= 15 is 0 Å². The molecule has 0 saturated carbocycles. The number of rotatable bonds is 6. The van der Waals surface area contributed by atoms with Gasteiger partial charge in [0.15, 0.2) is 0 Å². The lowest BCUT2D eigenvalue weighted by Gasteiger charge is -2.15. The van der Waals surface area contributed by atoms with E-state index in [4.69, 9.17) is 21.8 Å². The minimum Gasteiger partial charge on any atom is -0.468 e. The maximum Gasteiger partial charge on any atom is 0.327 e. The average molecular weight is 292 g/mol. The molecule has 0 bridgehead atoms. The highest BCUT2D eigenvalue weighted by Crippen LogP contribution is 2.16. The fraction of sp³-hybridized carbons (Fsp3) is 0.500. The van der Waals surface area contributed by atoms with Gasteiger partial charge in [-0.3, -0.25) is 9.59 Å². The Bertz CT molecular complexity index is 500. The Morgan fingerprint density at radius 3 is 2.74 bits per heavy atom. The number of carbonyl (C=O) groups excluding carboxylic acids is 1. The van der Waals surface area contributed by atoms with Crippen molar-refractivity contribution in [1.29, 1.82) is 0 Å². The van der Waals surface area contributed by atoms with Crippen LogP contribution in [0.15, 0.2) is 11.0 Å². The first kappa shape index (κ1) is 15.4. The highest BCUT2D eigenvalue weighted by molar-refractivity contribution is 6.32. The predicted molar refractivity (Wildman–Crippen MR) is 67.1 cm³/mol. The van der Waals surface area contributed by atoms with Crippen LogP contribution in [0.4, 0.5) is 5.69 Å². The highest BCUT2D eigenvalue weighted by Gasteiger charge is 2.14. The standard InChI is InChI=1S/C10H14ClN3O5/c1-19-8(17)3-14-10(18)9(11)7(2-12-14)13-6(4-15)5-16/h2,6,13,15-16H,3-5H2,1H3. The van der Waals surface area contributed by atoms with Crippen LogP contribution in [-0.4, -0.2) is 52.3 Å². The number of aliphatic hydroxyl groups excluding tert-OH is 2. The van der Waals surface area contributed by atoms with E-state index in [1.807, 2.05) is 0 Å². The number of aromatic nitrogens is 2. The lowest BCUT2D eigenvalue weighted by Crippen LogP contribution is -2.31. The maximum absolute atomic E-state index is 11.8. The summed E-state index contributed by atoms with van der Waals surface area (Å²) in [5.74, 6) is -0.630. The number of anilines is 1. The molecule has 106 valence electrons. The Labute approximate surface area is 113 Å². The van der Waals surface area contributed by atoms with Gasteiger partial charge in [0.05, 0.1) is 38.2 Å². The van der Waals surface area contributed by atoms with Gasteiger partial charge in [0.2, 0.25) is 0 Å². The quantitative estimate of drug-likeness (QED) is 0.566. The first-order valence-corrected chi connectivity index (χ1v) is 5.72. The number of halogens is 1. The molecule has 0 amide bonds. The van der Waals surface area contributed by atoms with Crippen LogP contribution in [-0.2, 0) is 16.1 Å². The van der Waals surface area contributed by atoms with E-state index in [2.05, 4.69) is 15.2 Å². The molecule has 1 rings (SSSR count). The fourth-order valence-electron chi connectivity index (χ4n) is 1.23. The van der Waals surface area contributed by atoms with E-state index in [1.165, 1.54) is 13.3 Å². The second-order valence-corrected chi connectivity index (χ2v) is 4.00. The molecule has 0 aliphatic rings. The van der Waals surface area contributed by atoms with Crippen molar-refractivity contribution in [2.45, 2.75) is 12.6 Å². The summed E-state index contributed by atoms with van der Waals surface area (Å²) < 4.78 is 5.27. The summed E-state index contributed by atoms with van der Waals surface area (Å²) in [4.78, 5) is 22.8. The van der Waals surface area contributed by atoms with Gasteiger partial charge in [-0.2, -0.15) is 5.10 Å². The third-order valence-electron chi connectivity index (χ3n) is 2.29. The molecule has 0 saturated heterocycles. The Morgan fingerprint density at radius 2 is 2.21 bits per heavy atom. The summed E-state index contributed by atoms with van der Waals surface area (Å²) in [6.07, 6.45) is 1.23. The lowest BCUT2D eigenvalue weighted by atomic mass is 10.3. The smallest absolute Gasteiger partial charge is 0.327 e. The first-order valence-electron chi connectivity index (χ1n) is 5.34. The van der Waals surface area contributed by atoms with Crippen LogP contribution in [0.25, 0.3) is 0 Å². The number of aliphatic hydroxyl groups is 2. The molecule has 0 fully saturated rings. The van der Waals surface area contributed by atoms with Crippen molar-refractivity contribution < 1.29 is 19.7 Å². The Hall–Kier alpha value is -1.64. The van der Waals surface area contributed by atoms with Gasteiger partial charge in [-0.1, -0.05) is 11.6 Å². The maximum atomic E-state index is 11.8. The number of hydrogen-bond acceptors (Lipinski definition) is 7. The Balaban J connectivity index is 2.97. The Morgan fingerprint density at radius 1 is 1.58 bits per heavy atom. The normalized spacial score (nSPS) is 10.6. The monoisotopic (exact) mass is 291 g/mol. The fourth-order valence-corrected chi connectivity index (χ4v) is 1.43. The molecule has 3 N–H and O–H groups in total. The summed E-state index contributed by atoms with van der Waals surface area (Å²) >= 11 is 5.83. The van der Waals surface area contributed by atoms with Gasteiger partial charge in [0.25, 0.3) is 5.56 Å². The number of ether oxygens (including phenoxy) is 1. The number of esters is 1. The molecule has 9 heteroatoms. The number of methoxy groups -OCH3 is 1. The van der Waals surface area contributed by atoms with Gasteiger partial charge in [-0.15, -0.1) is 0 Å². The van der Waals surface area contributed by atoms with E-state index in [9.17, 15) is 9.59 Å². The predicted octanol–water partition coefficient (Wildman–Crippen LogP) is -1.17. The summed E-state index contributed by atoms with van der Waals surface area (Å²) in [5, 5.41) is 24.1. The van der Waals surface area contributed by atoms with Crippen LogP contribution >= 0.6 is 11.6 Å². The molecule has 1 heterocycles. The van der Waals surface area contributed by atoms with Gasteiger partial charge >= 0.3 is 5.97 Å². The molecule has 0 spiro atoms. The van der Waals surface area contributed by atoms with Crippen molar-refractivity contribution in [3.05, 3.63) is 21.6 Å². The largest absolute Gasteiger partial charge is 0.468 e. The molecule has 0 unspecified atom stereocenters. The molecule has 1 aromatic heterocycles. The number of nitrogens with one attached hydrogen (secondary N) is 1. The summed E-state index contributed by atoms with van der Waals surface area (Å²) in [7, 11) is 1.19. The molecule has 19 heavy (non-hydrogen) atoms. The highest BCUT2D eigenvalue weighted by atomic mass is 35.5. The molecular formula is C10H14ClN3O5. The van der Waals surface area contributed by atoms with Gasteiger partial charge in [-0.05, 0) is 0 Å². The molecule has 1 aromatic rings. The number of nitrogens with zero attached hydrogens (tertiary/aromatic N) is 2.